The van der Waals surface area contributed by atoms with Crippen molar-refractivity contribution >= 4 is 16.9 Å². The first-order valence-electron chi connectivity index (χ1n) is 13.1. The number of aryl methyl sites for hydroxylation is 1. The molecule has 0 unspecified atom stereocenters. The zero-order valence-electron chi connectivity index (χ0n) is 20.4. The van der Waals surface area contributed by atoms with E-state index in [4.69, 9.17) is 9.72 Å². The Hall–Kier alpha value is -2.82. The summed E-state index contributed by atoms with van der Waals surface area (Å²) in [6.07, 6.45) is 12.2. The number of amides is 1. The fraction of sp³-hybridized carbons (Fsp3) is 0.517. The van der Waals surface area contributed by atoms with E-state index >= 15 is 0 Å². The van der Waals surface area contributed by atoms with Crippen LogP contribution in [0.4, 0.5) is 0 Å². The van der Waals surface area contributed by atoms with Gasteiger partial charge < -0.3 is 14.2 Å². The minimum Gasteiger partial charge on any atom is -0.485 e. The van der Waals surface area contributed by atoms with Crippen molar-refractivity contribution in [2.24, 2.45) is 0 Å². The quantitative estimate of drug-likeness (QED) is 0.410. The maximum absolute atomic E-state index is 14.0. The molecule has 5 rings (SSSR count). The number of ether oxygens (including phenoxy) is 1. The molecular formula is C29H37N3O2. The summed E-state index contributed by atoms with van der Waals surface area (Å²) in [5.41, 5.74) is 3.02. The van der Waals surface area contributed by atoms with Crippen LogP contribution < -0.4 is 4.74 Å². The molecule has 5 nitrogen and oxygen atoms in total. The molecule has 1 amide bonds. The van der Waals surface area contributed by atoms with Crippen molar-refractivity contribution in [3.8, 4) is 5.75 Å². The Balaban J connectivity index is 1.42. The number of rotatable bonds is 7. The van der Waals surface area contributed by atoms with E-state index in [0.717, 1.165) is 53.9 Å². The van der Waals surface area contributed by atoms with Gasteiger partial charge in [-0.15, -0.1) is 0 Å². The van der Waals surface area contributed by atoms with E-state index in [-0.39, 0.29) is 5.91 Å². The van der Waals surface area contributed by atoms with Gasteiger partial charge in [0.05, 0.1) is 11.0 Å². The van der Waals surface area contributed by atoms with E-state index in [1.807, 2.05) is 49.4 Å². The third-order valence-electron chi connectivity index (χ3n) is 7.70. The monoisotopic (exact) mass is 459 g/mol. The van der Waals surface area contributed by atoms with Crippen LogP contribution in [-0.2, 0) is 17.9 Å². The summed E-state index contributed by atoms with van der Waals surface area (Å²) in [7, 11) is 0. The minimum atomic E-state index is 0.249. The fourth-order valence-electron chi connectivity index (χ4n) is 5.91. The van der Waals surface area contributed by atoms with E-state index in [0.29, 0.717) is 25.2 Å². The van der Waals surface area contributed by atoms with Crippen LogP contribution in [0.3, 0.4) is 0 Å². The van der Waals surface area contributed by atoms with Crippen LogP contribution in [0.2, 0.25) is 0 Å². The van der Waals surface area contributed by atoms with Crippen molar-refractivity contribution in [2.45, 2.75) is 96.4 Å². The number of hydrogen-bond donors (Lipinski definition) is 0. The number of aromatic nitrogens is 2. The van der Waals surface area contributed by atoms with Crippen LogP contribution in [-0.4, -0.2) is 32.4 Å². The Labute approximate surface area is 203 Å². The summed E-state index contributed by atoms with van der Waals surface area (Å²) < 4.78 is 8.25. The molecule has 2 aliphatic rings. The molecule has 180 valence electrons. The predicted octanol–water partition coefficient (Wildman–Crippen LogP) is 6.42. The summed E-state index contributed by atoms with van der Waals surface area (Å²) in [4.78, 5) is 21.1. The number of benzene rings is 2. The van der Waals surface area contributed by atoms with E-state index < -0.39 is 0 Å². The Morgan fingerprint density at radius 1 is 0.912 bits per heavy atom. The third-order valence-corrected chi connectivity index (χ3v) is 7.70. The molecule has 0 bridgehead atoms. The van der Waals surface area contributed by atoms with Gasteiger partial charge in [0.15, 0.2) is 0 Å². The lowest BCUT2D eigenvalue weighted by atomic mass is 9.88. The van der Waals surface area contributed by atoms with Gasteiger partial charge in [-0.05, 0) is 56.4 Å². The topological polar surface area (TPSA) is 47.4 Å². The number of nitrogens with zero attached hydrogens (tertiary/aromatic N) is 3. The zero-order chi connectivity index (χ0) is 23.3. The van der Waals surface area contributed by atoms with E-state index in [2.05, 4.69) is 15.5 Å². The average Bonchev–Trinajstić information content (AvgIpc) is 3.22. The number of imidazole rings is 1. The second kappa shape index (κ2) is 10.6. The molecule has 0 saturated heterocycles. The summed E-state index contributed by atoms with van der Waals surface area (Å²) in [5.74, 6) is 1.92. The van der Waals surface area contributed by atoms with Gasteiger partial charge in [-0.1, -0.05) is 68.9 Å². The van der Waals surface area contributed by atoms with Crippen molar-refractivity contribution < 1.29 is 9.53 Å². The first-order chi connectivity index (χ1) is 16.7. The summed E-state index contributed by atoms with van der Waals surface area (Å²) in [5, 5.41) is 0. The van der Waals surface area contributed by atoms with Crippen molar-refractivity contribution in [2.75, 3.05) is 0 Å². The van der Waals surface area contributed by atoms with Crippen LogP contribution in [0.15, 0.2) is 48.5 Å². The molecule has 3 aromatic rings. The minimum absolute atomic E-state index is 0.249. The molecule has 0 radical (unpaired) electrons. The first kappa shape index (κ1) is 22.9. The molecule has 2 aromatic carbocycles. The number of fused-ring (bicyclic) bond motifs is 1. The summed E-state index contributed by atoms with van der Waals surface area (Å²) in [6.45, 7) is 2.73. The van der Waals surface area contributed by atoms with Gasteiger partial charge >= 0.3 is 0 Å². The van der Waals surface area contributed by atoms with Crippen LogP contribution in [0.1, 0.15) is 75.6 Å². The Morgan fingerprint density at radius 2 is 1.53 bits per heavy atom. The largest absolute Gasteiger partial charge is 0.485 e. The lowest BCUT2D eigenvalue weighted by Gasteiger charge is -2.42. The lowest BCUT2D eigenvalue weighted by molar-refractivity contribution is -0.138. The molecule has 1 aromatic heterocycles. The summed E-state index contributed by atoms with van der Waals surface area (Å²) >= 11 is 0. The van der Waals surface area contributed by atoms with E-state index in [1.165, 1.54) is 38.5 Å². The zero-order valence-corrected chi connectivity index (χ0v) is 20.4. The highest BCUT2D eigenvalue weighted by Gasteiger charge is 2.33. The lowest BCUT2D eigenvalue weighted by Crippen LogP contribution is -2.50. The number of hydrogen-bond acceptors (Lipinski definition) is 3. The van der Waals surface area contributed by atoms with E-state index in [1.54, 1.807) is 0 Å². The van der Waals surface area contributed by atoms with Crippen molar-refractivity contribution in [1.29, 1.82) is 0 Å². The predicted molar refractivity (Wildman–Crippen MR) is 136 cm³/mol. The van der Waals surface area contributed by atoms with Crippen LogP contribution >= 0.6 is 0 Å². The summed E-state index contributed by atoms with van der Waals surface area (Å²) in [6, 6.07) is 16.9. The fourth-order valence-corrected chi connectivity index (χ4v) is 5.91. The highest BCUT2D eigenvalue weighted by molar-refractivity contribution is 5.81. The highest BCUT2D eigenvalue weighted by Crippen LogP contribution is 2.31. The Bertz CT molecular complexity index is 1090. The van der Waals surface area contributed by atoms with Gasteiger partial charge in [-0.2, -0.15) is 0 Å². The van der Waals surface area contributed by atoms with Crippen molar-refractivity contribution in [3.63, 3.8) is 0 Å². The van der Waals surface area contributed by atoms with Gasteiger partial charge in [-0.3, -0.25) is 4.79 Å². The Morgan fingerprint density at radius 3 is 2.21 bits per heavy atom. The average molecular weight is 460 g/mol. The molecule has 34 heavy (non-hydrogen) atoms. The smallest absolute Gasteiger partial charge is 0.243 e. The molecule has 0 aliphatic heterocycles. The van der Waals surface area contributed by atoms with Gasteiger partial charge in [0, 0.05) is 12.1 Å². The normalized spacial score (nSPS) is 17.7. The molecule has 5 heteroatoms. The molecular weight excluding hydrogens is 422 g/mol. The molecule has 0 N–H and O–H groups in total. The first-order valence-corrected chi connectivity index (χ1v) is 13.1. The second-order valence-electron chi connectivity index (χ2n) is 10.0. The third kappa shape index (κ3) is 4.98. The number of para-hydroxylation sites is 3. The maximum atomic E-state index is 14.0. The molecule has 2 aliphatic carbocycles. The van der Waals surface area contributed by atoms with Crippen molar-refractivity contribution in [3.05, 3.63) is 59.9 Å². The maximum Gasteiger partial charge on any atom is 0.243 e. The highest BCUT2D eigenvalue weighted by atomic mass is 16.5. The van der Waals surface area contributed by atoms with Gasteiger partial charge in [0.1, 0.15) is 24.7 Å². The molecule has 2 fully saturated rings. The second-order valence-corrected chi connectivity index (χ2v) is 10.0. The Kier molecular flexibility index (Phi) is 7.17. The SMILES string of the molecule is Cc1ccccc1OCc1nc2ccccc2n1CC(=O)N(C1CCCCC1)C1CCCCC1. The molecule has 0 atom stereocenters. The molecule has 0 spiro atoms. The van der Waals surface area contributed by atoms with Gasteiger partial charge in [-0.25, -0.2) is 4.98 Å². The van der Waals surface area contributed by atoms with Gasteiger partial charge in [0.2, 0.25) is 5.91 Å². The van der Waals surface area contributed by atoms with Crippen molar-refractivity contribution in [1.82, 2.24) is 14.5 Å². The van der Waals surface area contributed by atoms with Gasteiger partial charge in [0.25, 0.3) is 0 Å². The molecule has 2 saturated carbocycles. The van der Waals surface area contributed by atoms with Crippen LogP contribution in [0.25, 0.3) is 11.0 Å². The van der Waals surface area contributed by atoms with Crippen LogP contribution in [0.5, 0.6) is 5.75 Å². The van der Waals surface area contributed by atoms with E-state index in [9.17, 15) is 4.79 Å². The molecule has 1 heterocycles. The number of carbonyl (C=O) groups is 1. The van der Waals surface area contributed by atoms with Crippen LogP contribution in [0, 0.1) is 6.92 Å². The number of carbonyl (C=O) groups excluding carboxylic acids is 1. The standard InChI is InChI=1S/C29H37N3O2/c1-22-12-8-11-19-27(22)34-21-28-30-25-17-9-10-18-26(25)31(28)20-29(33)32(23-13-4-2-5-14-23)24-15-6-3-7-16-24/h8-12,17-19,23-24H,2-7,13-16,20-21H2,1H3.